The van der Waals surface area contributed by atoms with Gasteiger partial charge in [-0.3, -0.25) is 9.69 Å². The zero-order valence-corrected chi connectivity index (χ0v) is 15.1. The Morgan fingerprint density at radius 1 is 1.19 bits per heavy atom. The lowest BCUT2D eigenvalue weighted by atomic mass is 10.0. The van der Waals surface area contributed by atoms with Gasteiger partial charge < -0.3 is 5.32 Å². The third-order valence-corrected chi connectivity index (χ3v) is 4.82. The van der Waals surface area contributed by atoms with E-state index < -0.39 is 11.6 Å². The van der Waals surface area contributed by atoms with Crippen molar-refractivity contribution < 1.29 is 13.6 Å². The summed E-state index contributed by atoms with van der Waals surface area (Å²) in [5.74, 6) is -2.16. The summed E-state index contributed by atoms with van der Waals surface area (Å²) in [4.78, 5) is 14.5. The molecule has 1 aliphatic rings. The van der Waals surface area contributed by atoms with Crippen molar-refractivity contribution in [3.8, 4) is 0 Å². The first kappa shape index (κ1) is 18.8. The molecule has 1 aliphatic heterocycles. The third kappa shape index (κ3) is 5.02. The van der Waals surface area contributed by atoms with Crippen LogP contribution in [0.15, 0.2) is 42.5 Å². The van der Waals surface area contributed by atoms with Crippen LogP contribution in [-0.2, 0) is 17.8 Å². The van der Waals surface area contributed by atoms with Crippen LogP contribution in [0.2, 0.25) is 5.02 Å². The van der Waals surface area contributed by atoms with Gasteiger partial charge in [-0.1, -0.05) is 35.9 Å². The fourth-order valence-corrected chi connectivity index (χ4v) is 3.43. The van der Waals surface area contributed by atoms with E-state index in [-0.39, 0.29) is 23.9 Å². The summed E-state index contributed by atoms with van der Waals surface area (Å²) in [6, 6.07) is 11.6. The van der Waals surface area contributed by atoms with Crippen LogP contribution in [0.3, 0.4) is 0 Å². The van der Waals surface area contributed by atoms with Gasteiger partial charge in [0.05, 0.1) is 6.42 Å². The predicted octanol–water partition coefficient (Wildman–Crippen LogP) is 3.94. The molecule has 0 aromatic heterocycles. The van der Waals surface area contributed by atoms with Crippen molar-refractivity contribution in [3.63, 3.8) is 0 Å². The number of hydrogen-bond acceptors (Lipinski definition) is 2. The van der Waals surface area contributed by atoms with Gasteiger partial charge in [0.15, 0.2) is 11.6 Å². The Balaban J connectivity index is 1.53. The molecule has 0 unspecified atom stereocenters. The van der Waals surface area contributed by atoms with Crippen molar-refractivity contribution >= 4 is 17.5 Å². The fourth-order valence-electron chi connectivity index (χ4n) is 3.30. The van der Waals surface area contributed by atoms with E-state index in [2.05, 4.69) is 10.2 Å². The van der Waals surface area contributed by atoms with E-state index in [1.54, 1.807) is 0 Å². The van der Waals surface area contributed by atoms with Gasteiger partial charge in [0, 0.05) is 29.7 Å². The second-order valence-corrected chi connectivity index (χ2v) is 7.09. The molecular formula is C20H21ClF2N2O. The van der Waals surface area contributed by atoms with Crippen LogP contribution in [-0.4, -0.2) is 29.9 Å². The van der Waals surface area contributed by atoms with Crippen LogP contribution in [0.25, 0.3) is 0 Å². The van der Waals surface area contributed by atoms with Crippen LogP contribution >= 0.6 is 11.6 Å². The van der Waals surface area contributed by atoms with Gasteiger partial charge in [0.1, 0.15) is 0 Å². The van der Waals surface area contributed by atoms with Crippen molar-refractivity contribution in [3.05, 3.63) is 70.2 Å². The number of carbonyl (C=O) groups is 1. The van der Waals surface area contributed by atoms with Crippen molar-refractivity contribution in [2.75, 3.05) is 13.1 Å². The number of likely N-dealkylation sites (tertiary alicyclic amines) is 1. The summed E-state index contributed by atoms with van der Waals surface area (Å²) in [6.45, 7) is 2.50. The molecule has 0 aliphatic carbocycles. The Kier molecular flexibility index (Phi) is 6.22. The molecule has 0 bridgehead atoms. The maximum atomic E-state index is 13.7. The Morgan fingerprint density at radius 3 is 2.73 bits per heavy atom. The number of nitrogens with zero attached hydrogens (tertiary/aromatic N) is 1. The number of carbonyl (C=O) groups excluding carboxylic acids is 1. The van der Waals surface area contributed by atoms with Crippen LogP contribution in [0.4, 0.5) is 8.78 Å². The van der Waals surface area contributed by atoms with Gasteiger partial charge in [-0.25, -0.2) is 8.78 Å². The first-order valence-electron chi connectivity index (χ1n) is 8.70. The van der Waals surface area contributed by atoms with Crippen LogP contribution in [0.5, 0.6) is 0 Å². The summed E-state index contributed by atoms with van der Waals surface area (Å²) in [5.41, 5.74) is 1.25. The van der Waals surface area contributed by atoms with Gasteiger partial charge in [-0.05, 0) is 43.1 Å². The molecular weight excluding hydrogens is 358 g/mol. The molecule has 1 amide bonds. The summed E-state index contributed by atoms with van der Waals surface area (Å²) >= 11 is 5.91. The molecule has 1 heterocycles. The Bertz CT molecular complexity index is 767. The minimum Gasteiger partial charge on any atom is -0.352 e. The molecule has 2 aromatic rings. The topological polar surface area (TPSA) is 32.3 Å². The summed E-state index contributed by atoms with van der Waals surface area (Å²) in [7, 11) is 0. The Hall–Kier alpha value is -1.98. The molecule has 26 heavy (non-hydrogen) atoms. The zero-order chi connectivity index (χ0) is 18.5. The van der Waals surface area contributed by atoms with E-state index in [1.165, 1.54) is 17.7 Å². The van der Waals surface area contributed by atoms with Crippen LogP contribution < -0.4 is 5.32 Å². The first-order chi connectivity index (χ1) is 12.5. The van der Waals surface area contributed by atoms with E-state index in [0.717, 1.165) is 38.5 Å². The summed E-state index contributed by atoms with van der Waals surface area (Å²) < 4.78 is 27.0. The molecule has 1 fully saturated rings. The molecule has 6 heteroatoms. The van der Waals surface area contributed by atoms with Crippen molar-refractivity contribution in [2.45, 2.75) is 31.8 Å². The maximum Gasteiger partial charge on any atom is 0.224 e. The number of amides is 1. The highest BCUT2D eigenvalue weighted by atomic mass is 35.5. The van der Waals surface area contributed by atoms with Gasteiger partial charge in [-0.2, -0.15) is 0 Å². The van der Waals surface area contributed by atoms with Gasteiger partial charge in [-0.15, -0.1) is 0 Å². The SMILES string of the molecule is O=C(Cc1cccc(F)c1F)N[C@@H]1CCCN(Cc2ccc(Cl)cc2)C1. The molecule has 138 valence electrons. The maximum absolute atomic E-state index is 13.7. The zero-order valence-electron chi connectivity index (χ0n) is 14.4. The lowest BCUT2D eigenvalue weighted by molar-refractivity contribution is -0.121. The number of nitrogens with one attached hydrogen (secondary N) is 1. The fraction of sp³-hybridized carbons (Fsp3) is 0.350. The number of hydrogen-bond donors (Lipinski definition) is 1. The molecule has 1 saturated heterocycles. The van der Waals surface area contributed by atoms with Gasteiger partial charge in [0.25, 0.3) is 0 Å². The van der Waals surface area contributed by atoms with E-state index in [0.29, 0.717) is 5.02 Å². The highest BCUT2D eigenvalue weighted by Gasteiger charge is 2.22. The lowest BCUT2D eigenvalue weighted by Gasteiger charge is -2.33. The van der Waals surface area contributed by atoms with E-state index in [9.17, 15) is 13.6 Å². The van der Waals surface area contributed by atoms with Crippen molar-refractivity contribution in [1.82, 2.24) is 10.2 Å². The third-order valence-electron chi connectivity index (χ3n) is 4.57. The number of halogens is 3. The predicted molar refractivity (Wildman–Crippen MR) is 98.0 cm³/mol. The van der Waals surface area contributed by atoms with Crippen LogP contribution in [0, 0.1) is 11.6 Å². The lowest BCUT2D eigenvalue weighted by Crippen LogP contribution is -2.47. The van der Waals surface area contributed by atoms with Gasteiger partial charge in [0.2, 0.25) is 5.91 Å². The number of rotatable bonds is 5. The highest BCUT2D eigenvalue weighted by Crippen LogP contribution is 2.17. The van der Waals surface area contributed by atoms with E-state index in [4.69, 9.17) is 11.6 Å². The van der Waals surface area contributed by atoms with Crippen molar-refractivity contribution in [1.29, 1.82) is 0 Å². The molecule has 3 nitrogen and oxygen atoms in total. The van der Waals surface area contributed by atoms with Gasteiger partial charge >= 0.3 is 0 Å². The van der Waals surface area contributed by atoms with E-state index >= 15 is 0 Å². The molecule has 1 N–H and O–H groups in total. The summed E-state index contributed by atoms with van der Waals surface area (Å²) in [5, 5.41) is 3.66. The van der Waals surface area contributed by atoms with Crippen molar-refractivity contribution in [2.24, 2.45) is 0 Å². The minimum atomic E-state index is -0.948. The molecule has 2 aromatic carbocycles. The van der Waals surface area contributed by atoms with Crippen LogP contribution in [0.1, 0.15) is 24.0 Å². The number of piperidine rings is 1. The smallest absolute Gasteiger partial charge is 0.224 e. The Labute approximate surface area is 157 Å². The molecule has 1 atom stereocenters. The minimum absolute atomic E-state index is 0.0140. The standard InChI is InChI=1S/C20H21ClF2N2O/c21-16-8-6-14(7-9-16)12-25-10-2-4-17(13-25)24-19(26)11-15-3-1-5-18(22)20(15)23/h1,3,5-9,17H,2,4,10-13H2,(H,24,26)/t17-/m1/s1. The second kappa shape index (κ2) is 8.60. The second-order valence-electron chi connectivity index (χ2n) is 6.66. The largest absolute Gasteiger partial charge is 0.352 e. The normalized spacial score (nSPS) is 17.9. The Morgan fingerprint density at radius 2 is 1.96 bits per heavy atom. The average Bonchev–Trinajstić information content (AvgIpc) is 2.61. The molecule has 0 radical (unpaired) electrons. The quantitative estimate of drug-likeness (QED) is 0.854. The number of benzene rings is 2. The monoisotopic (exact) mass is 378 g/mol. The molecule has 3 rings (SSSR count). The molecule has 0 saturated carbocycles. The average molecular weight is 379 g/mol. The summed E-state index contributed by atoms with van der Waals surface area (Å²) in [6.07, 6.45) is 1.71. The highest BCUT2D eigenvalue weighted by molar-refractivity contribution is 6.30. The molecule has 0 spiro atoms. The van der Waals surface area contributed by atoms with E-state index in [1.807, 2.05) is 24.3 Å². The first-order valence-corrected chi connectivity index (χ1v) is 9.08.